The molecule has 126 valence electrons. The van der Waals surface area contributed by atoms with Gasteiger partial charge < -0.3 is 8.83 Å². The third kappa shape index (κ3) is 2.39. The van der Waals surface area contributed by atoms with Crippen LogP contribution in [0.25, 0.3) is 21.9 Å². The highest BCUT2D eigenvalue weighted by Crippen LogP contribution is 2.34. The highest BCUT2D eigenvalue weighted by molar-refractivity contribution is 6.00. The highest BCUT2D eigenvalue weighted by Gasteiger charge is 2.18. The summed E-state index contributed by atoms with van der Waals surface area (Å²) in [6, 6.07) is 12.1. The SMILES string of the molecule is Cc1oc2c(C)c3oc(=O)c(Cc4ccccc4)c(C)c3cc2c1C. The zero-order valence-corrected chi connectivity index (χ0v) is 14.9. The molecule has 0 spiro atoms. The Bertz CT molecular complexity index is 1160. The van der Waals surface area contributed by atoms with E-state index in [1.807, 2.05) is 51.1 Å². The van der Waals surface area contributed by atoms with Gasteiger partial charge in [0.15, 0.2) is 0 Å². The molecule has 4 aromatic rings. The van der Waals surface area contributed by atoms with E-state index in [2.05, 4.69) is 13.0 Å². The van der Waals surface area contributed by atoms with Gasteiger partial charge in [-0.3, -0.25) is 0 Å². The molecule has 2 heterocycles. The van der Waals surface area contributed by atoms with Gasteiger partial charge in [0.05, 0.1) is 0 Å². The largest absolute Gasteiger partial charge is 0.461 e. The van der Waals surface area contributed by atoms with Crippen molar-refractivity contribution in [2.45, 2.75) is 34.1 Å². The lowest BCUT2D eigenvalue weighted by atomic mass is 9.97. The number of furan rings is 1. The Labute approximate surface area is 145 Å². The van der Waals surface area contributed by atoms with Crippen molar-refractivity contribution in [3.63, 3.8) is 0 Å². The van der Waals surface area contributed by atoms with Crippen LogP contribution in [0.2, 0.25) is 0 Å². The summed E-state index contributed by atoms with van der Waals surface area (Å²) in [4.78, 5) is 12.6. The van der Waals surface area contributed by atoms with Crippen LogP contribution in [0.3, 0.4) is 0 Å². The molecule has 0 unspecified atom stereocenters. The number of hydrogen-bond acceptors (Lipinski definition) is 3. The van der Waals surface area contributed by atoms with E-state index >= 15 is 0 Å². The second kappa shape index (κ2) is 5.62. The summed E-state index contributed by atoms with van der Waals surface area (Å²) in [5, 5.41) is 2.07. The number of rotatable bonds is 2. The van der Waals surface area contributed by atoms with Crippen molar-refractivity contribution in [1.29, 1.82) is 0 Å². The molecule has 0 atom stereocenters. The molecule has 25 heavy (non-hydrogen) atoms. The van der Waals surface area contributed by atoms with Gasteiger partial charge in [0.2, 0.25) is 0 Å². The van der Waals surface area contributed by atoms with Crippen LogP contribution in [0, 0.1) is 27.7 Å². The summed E-state index contributed by atoms with van der Waals surface area (Å²) in [5.74, 6) is 0.901. The standard InChI is InChI=1S/C22H20O3/c1-12-15(4)24-20-14(3)21-18(11-17(12)20)13(2)19(22(23)25-21)10-16-8-6-5-7-9-16/h5-9,11H,10H2,1-4H3. The van der Waals surface area contributed by atoms with Crippen molar-refractivity contribution in [2.24, 2.45) is 0 Å². The topological polar surface area (TPSA) is 43.4 Å². The number of aryl methyl sites for hydroxylation is 4. The molecule has 0 N–H and O–H groups in total. The van der Waals surface area contributed by atoms with Crippen LogP contribution in [-0.2, 0) is 6.42 Å². The van der Waals surface area contributed by atoms with Gasteiger partial charge in [0, 0.05) is 28.3 Å². The number of fused-ring (bicyclic) bond motifs is 2. The molecule has 0 fully saturated rings. The molecule has 0 aliphatic heterocycles. The van der Waals surface area contributed by atoms with E-state index in [4.69, 9.17) is 8.83 Å². The van der Waals surface area contributed by atoms with E-state index in [0.29, 0.717) is 12.0 Å². The summed E-state index contributed by atoms with van der Waals surface area (Å²) in [6.45, 7) is 7.98. The van der Waals surface area contributed by atoms with E-state index in [1.54, 1.807) is 0 Å². The van der Waals surface area contributed by atoms with Gasteiger partial charge in [-0.05, 0) is 50.5 Å². The first-order valence-corrected chi connectivity index (χ1v) is 8.47. The fraction of sp³-hybridized carbons (Fsp3) is 0.227. The minimum atomic E-state index is -0.267. The zero-order valence-electron chi connectivity index (χ0n) is 14.9. The Balaban J connectivity index is 2.02. The lowest BCUT2D eigenvalue weighted by Gasteiger charge is -2.10. The smallest absolute Gasteiger partial charge is 0.340 e. The minimum Gasteiger partial charge on any atom is -0.461 e. The Hall–Kier alpha value is -2.81. The maximum absolute atomic E-state index is 12.6. The second-order valence-corrected chi connectivity index (χ2v) is 6.69. The maximum Gasteiger partial charge on any atom is 0.340 e. The van der Waals surface area contributed by atoms with Crippen molar-refractivity contribution in [3.8, 4) is 0 Å². The Morgan fingerprint density at radius 1 is 0.800 bits per heavy atom. The average Bonchev–Trinajstić information content (AvgIpc) is 2.89. The van der Waals surface area contributed by atoms with Crippen molar-refractivity contribution < 1.29 is 8.83 Å². The second-order valence-electron chi connectivity index (χ2n) is 6.69. The molecule has 0 aliphatic rings. The molecule has 3 nitrogen and oxygen atoms in total. The van der Waals surface area contributed by atoms with Crippen LogP contribution in [0.1, 0.15) is 33.6 Å². The molecule has 0 saturated heterocycles. The van der Waals surface area contributed by atoms with Crippen molar-refractivity contribution in [2.75, 3.05) is 0 Å². The normalized spacial score (nSPS) is 11.5. The molecular formula is C22H20O3. The van der Waals surface area contributed by atoms with Crippen molar-refractivity contribution >= 4 is 21.9 Å². The lowest BCUT2D eigenvalue weighted by Crippen LogP contribution is -2.11. The highest BCUT2D eigenvalue weighted by atomic mass is 16.4. The Morgan fingerprint density at radius 3 is 2.16 bits per heavy atom. The summed E-state index contributed by atoms with van der Waals surface area (Å²) in [6.07, 6.45) is 0.575. The lowest BCUT2D eigenvalue weighted by molar-refractivity contribution is 0.544. The average molecular weight is 332 g/mol. The zero-order chi connectivity index (χ0) is 17.7. The Kier molecular flexibility index (Phi) is 3.53. The van der Waals surface area contributed by atoms with Crippen LogP contribution in [0.5, 0.6) is 0 Å². The first-order valence-electron chi connectivity index (χ1n) is 8.47. The van der Waals surface area contributed by atoms with Crippen LogP contribution in [-0.4, -0.2) is 0 Å². The van der Waals surface area contributed by atoms with Gasteiger partial charge in [-0.1, -0.05) is 30.3 Å². The summed E-state index contributed by atoms with van der Waals surface area (Å²) >= 11 is 0. The molecule has 4 rings (SSSR count). The first kappa shape index (κ1) is 15.7. The third-order valence-corrected chi connectivity index (χ3v) is 5.17. The summed E-state index contributed by atoms with van der Waals surface area (Å²) < 4.78 is 11.6. The van der Waals surface area contributed by atoms with Crippen molar-refractivity contribution in [1.82, 2.24) is 0 Å². The molecule has 0 bridgehead atoms. The fourth-order valence-corrected chi connectivity index (χ4v) is 3.50. The van der Waals surface area contributed by atoms with Gasteiger partial charge in [0.1, 0.15) is 16.9 Å². The first-order chi connectivity index (χ1) is 12.0. The van der Waals surface area contributed by atoms with Crippen LogP contribution < -0.4 is 5.63 Å². The minimum absolute atomic E-state index is 0.267. The van der Waals surface area contributed by atoms with E-state index < -0.39 is 0 Å². The van der Waals surface area contributed by atoms with E-state index in [1.165, 1.54) is 0 Å². The van der Waals surface area contributed by atoms with E-state index in [0.717, 1.165) is 49.9 Å². The maximum atomic E-state index is 12.6. The van der Waals surface area contributed by atoms with Crippen LogP contribution in [0.15, 0.2) is 50.0 Å². The van der Waals surface area contributed by atoms with Gasteiger partial charge in [-0.15, -0.1) is 0 Å². The van der Waals surface area contributed by atoms with Crippen LogP contribution in [0.4, 0.5) is 0 Å². The molecule has 2 aromatic carbocycles. The van der Waals surface area contributed by atoms with Gasteiger partial charge in [0.25, 0.3) is 0 Å². The van der Waals surface area contributed by atoms with E-state index in [9.17, 15) is 4.79 Å². The molecule has 3 heteroatoms. The molecule has 2 aromatic heterocycles. The number of benzene rings is 2. The third-order valence-electron chi connectivity index (χ3n) is 5.17. The monoisotopic (exact) mass is 332 g/mol. The fourth-order valence-electron chi connectivity index (χ4n) is 3.50. The Morgan fingerprint density at radius 2 is 1.44 bits per heavy atom. The van der Waals surface area contributed by atoms with E-state index in [-0.39, 0.29) is 5.63 Å². The molecular weight excluding hydrogens is 312 g/mol. The number of hydrogen-bond donors (Lipinski definition) is 0. The van der Waals surface area contributed by atoms with Gasteiger partial charge >= 0.3 is 5.63 Å². The van der Waals surface area contributed by atoms with Crippen LogP contribution >= 0.6 is 0 Å². The molecule has 0 amide bonds. The molecule has 0 aliphatic carbocycles. The predicted octanol–water partition coefficient (Wildman–Crippen LogP) is 5.36. The molecule has 0 saturated carbocycles. The quantitative estimate of drug-likeness (QED) is 0.464. The predicted molar refractivity (Wildman–Crippen MR) is 100 cm³/mol. The summed E-state index contributed by atoms with van der Waals surface area (Å²) in [7, 11) is 0. The van der Waals surface area contributed by atoms with Gasteiger partial charge in [-0.2, -0.15) is 0 Å². The van der Waals surface area contributed by atoms with Crippen molar-refractivity contribution in [3.05, 3.63) is 80.4 Å². The molecule has 0 radical (unpaired) electrons. The van der Waals surface area contributed by atoms with Gasteiger partial charge in [-0.25, -0.2) is 4.79 Å². The summed E-state index contributed by atoms with van der Waals surface area (Å²) in [5.41, 5.74) is 5.99.